The number of nitrogens with zero attached hydrogens (tertiary/aromatic N) is 3. The molecule has 2 heterocycles. The minimum atomic E-state index is -0.858. The van der Waals surface area contributed by atoms with Crippen molar-refractivity contribution in [1.82, 2.24) is 14.8 Å². The van der Waals surface area contributed by atoms with Crippen molar-refractivity contribution in [1.29, 1.82) is 0 Å². The van der Waals surface area contributed by atoms with Crippen molar-refractivity contribution >= 4 is 5.82 Å². The summed E-state index contributed by atoms with van der Waals surface area (Å²) in [4.78, 5) is 3.77. The van der Waals surface area contributed by atoms with Crippen LogP contribution in [0.25, 0.3) is 0 Å². The fourth-order valence-corrected chi connectivity index (χ4v) is 1.49. The van der Waals surface area contributed by atoms with Crippen molar-refractivity contribution < 1.29 is 13.5 Å². The fraction of sp³-hybridized carbons (Fsp3) is 0.333. The first-order valence-electron chi connectivity index (χ1n) is 5.94. The third kappa shape index (κ3) is 2.98. The van der Waals surface area contributed by atoms with E-state index in [2.05, 4.69) is 15.4 Å². The van der Waals surface area contributed by atoms with E-state index in [1.54, 1.807) is 17.8 Å². The van der Waals surface area contributed by atoms with Gasteiger partial charge in [0.1, 0.15) is 0 Å². The third-order valence-electron chi connectivity index (χ3n) is 2.39. The molecule has 0 aliphatic rings. The SMILES string of the molecule is CCNc1nc(Oc2cnn(CC)c2)c(F)cc1F. The van der Waals surface area contributed by atoms with Crippen LogP contribution in [0.1, 0.15) is 13.8 Å². The number of anilines is 1. The van der Waals surface area contributed by atoms with Crippen LogP contribution in [0, 0.1) is 11.6 Å². The van der Waals surface area contributed by atoms with Gasteiger partial charge in [0, 0.05) is 19.2 Å². The van der Waals surface area contributed by atoms with E-state index < -0.39 is 11.6 Å². The van der Waals surface area contributed by atoms with Gasteiger partial charge in [-0.1, -0.05) is 0 Å². The fourth-order valence-electron chi connectivity index (χ4n) is 1.49. The van der Waals surface area contributed by atoms with Crippen LogP contribution < -0.4 is 10.1 Å². The van der Waals surface area contributed by atoms with Gasteiger partial charge in [0.25, 0.3) is 5.88 Å². The number of ether oxygens (including phenoxy) is 1. The molecule has 2 aromatic rings. The predicted molar refractivity (Wildman–Crippen MR) is 66.3 cm³/mol. The number of hydrogen-bond acceptors (Lipinski definition) is 4. The zero-order chi connectivity index (χ0) is 13.8. The molecular weight excluding hydrogens is 254 g/mol. The van der Waals surface area contributed by atoms with Crippen LogP contribution in [0.15, 0.2) is 18.5 Å². The molecule has 19 heavy (non-hydrogen) atoms. The van der Waals surface area contributed by atoms with Gasteiger partial charge in [0.2, 0.25) is 0 Å². The summed E-state index contributed by atoms with van der Waals surface area (Å²) in [5.41, 5.74) is 0. The number of aryl methyl sites for hydroxylation is 1. The second-order valence-electron chi connectivity index (χ2n) is 3.77. The maximum absolute atomic E-state index is 13.6. The summed E-state index contributed by atoms with van der Waals surface area (Å²) < 4.78 is 33.8. The molecule has 0 aliphatic heterocycles. The summed E-state index contributed by atoms with van der Waals surface area (Å²) in [7, 11) is 0. The van der Waals surface area contributed by atoms with E-state index in [-0.39, 0.29) is 11.7 Å². The molecule has 0 atom stereocenters. The Labute approximate surface area is 109 Å². The Balaban J connectivity index is 2.26. The summed E-state index contributed by atoms with van der Waals surface area (Å²) >= 11 is 0. The lowest BCUT2D eigenvalue weighted by molar-refractivity contribution is 0.417. The van der Waals surface area contributed by atoms with E-state index in [4.69, 9.17) is 4.74 Å². The Kier molecular flexibility index (Phi) is 3.94. The van der Waals surface area contributed by atoms with Crippen LogP contribution in [-0.4, -0.2) is 21.3 Å². The van der Waals surface area contributed by atoms with Crippen molar-refractivity contribution in [3.63, 3.8) is 0 Å². The standard InChI is InChI=1S/C12H14F2N4O/c1-3-15-11-9(13)5-10(14)12(17-11)19-8-6-16-18(4-2)7-8/h5-7H,3-4H2,1-2H3,(H,15,17). The number of halogens is 2. The highest BCUT2D eigenvalue weighted by Gasteiger charge is 2.14. The highest BCUT2D eigenvalue weighted by Crippen LogP contribution is 2.25. The average Bonchev–Trinajstić information content (AvgIpc) is 2.83. The van der Waals surface area contributed by atoms with Crippen molar-refractivity contribution in [2.75, 3.05) is 11.9 Å². The topological polar surface area (TPSA) is 52.0 Å². The van der Waals surface area contributed by atoms with E-state index in [0.717, 1.165) is 6.07 Å². The molecule has 5 nitrogen and oxygen atoms in total. The average molecular weight is 268 g/mol. The maximum atomic E-state index is 13.6. The summed E-state index contributed by atoms with van der Waals surface area (Å²) in [6.45, 7) is 4.85. The van der Waals surface area contributed by atoms with Crippen molar-refractivity contribution in [2.45, 2.75) is 20.4 Å². The molecule has 0 saturated heterocycles. The first-order valence-corrected chi connectivity index (χ1v) is 5.94. The van der Waals surface area contributed by atoms with Crippen molar-refractivity contribution in [2.24, 2.45) is 0 Å². The molecule has 0 spiro atoms. The Morgan fingerprint density at radius 3 is 2.74 bits per heavy atom. The van der Waals surface area contributed by atoms with Gasteiger partial charge in [-0.3, -0.25) is 4.68 Å². The molecule has 0 fully saturated rings. The summed E-state index contributed by atoms with van der Waals surface area (Å²) in [6.07, 6.45) is 3.05. The molecule has 0 aliphatic carbocycles. The summed E-state index contributed by atoms with van der Waals surface area (Å²) in [5, 5.41) is 6.68. The monoisotopic (exact) mass is 268 g/mol. The molecule has 0 bridgehead atoms. The highest BCUT2D eigenvalue weighted by molar-refractivity contribution is 5.40. The number of nitrogens with one attached hydrogen (secondary N) is 1. The molecule has 0 unspecified atom stereocenters. The number of hydrogen-bond donors (Lipinski definition) is 1. The maximum Gasteiger partial charge on any atom is 0.258 e. The minimum Gasteiger partial charge on any atom is -0.433 e. The summed E-state index contributed by atoms with van der Waals surface area (Å²) in [5.74, 6) is -1.59. The second-order valence-corrected chi connectivity index (χ2v) is 3.77. The molecule has 7 heteroatoms. The number of pyridine rings is 1. The molecule has 0 aromatic carbocycles. The van der Waals surface area contributed by atoms with E-state index in [1.807, 2.05) is 6.92 Å². The Hall–Kier alpha value is -2.18. The molecule has 2 rings (SSSR count). The van der Waals surface area contributed by atoms with Crippen LogP contribution in [-0.2, 0) is 6.54 Å². The van der Waals surface area contributed by atoms with Crippen LogP contribution in [0.5, 0.6) is 11.6 Å². The molecule has 0 saturated carbocycles. The minimum absolute atomic E-state index is 0.0400. The Morgan fingerprint density at radius 1 is 1.32 bits per heavy atom. The molecule has 2 aromatic heterocycles. The van der Waals surface area contributed by atoms with Gasteiger partial charge in [-0.15, -0.1) is 0 Å². The van der Waals surface area contributed by atoms with Gasteiger partial charge < -0.3 is 10.1 Å². The molecule has 1 N–H and O–H groups in total. The van der Waals surface area contributed by atoms with Gasteiger partial charge in [-0.2, -0.15) is 10.1 Å². The second kappa shape index (κ2) is 5.64. The lowest BCUT2D eigenvalue weighted by Crippen LogP contribution is -2.04. The number of rotatable bonds is 5. The highest BCUT2D eigenvalue weighted by atomic mass is 19.1. The predicted octanol–water partition coefficient (Wildman–Crippen LogP) is 2.80. The first-order chi connectivity index (χ1) is 9.13. The first kappa shape index (κ1) is 13.3. The smallest absolute Gasteiger partial charge is 0.258 e. The van der Waals surface area contributed by atoms with Crippen molar-refractivity contribution in [3.05, 3.63) is 30.1 Å². The lowest BCUT2D eigenvalue weighted by Gasteiger charge is -2.08. The van der Waals surface area contributed by atoms with Crippen LogP contribution in [0.3, 0.4) is 0 Å². The van der Waals surface area contributed by atoms with Crippen LogP contribution >= 0.6 is 0 Å². The van der Waals surface area contributed by atoms with E-state index in [9.17, 15) is 8.78 Å². The zero-order valence-corrected chi connectivity index (χ0v) is 10.7. The van der Waals surface area contributed by atoms with Crippen LogP contribution in [0.4, 0.5) is 14.6 Å². The molecule has 0 amide bonds. The van der Waals surface area contributed by atoms with E-state index in [1.165, 1.54) is 6.20 Å². The Bertz CT molecular complexity index is 571. The summed E-state index contributed by atoms with van der Waals surface area (Å²) in [6, 6.07) is 0.741. The molecule has 102 valence electrons. The van der Waals surface area contributed by atoms with Gasteiger partial charge in [0.05, 0.1) is 12.4 Å². The van der Waals surface area contributed by atoms with E-state index in [0.29, 0.717) is 18.8 Å². The van der Waals surface area contributed by atoms with Crippen LogP contribution in [0.2, 0.25) is 0 Å². The van der Waals surface area contributed by atoms with Gasteiger partial charge >= 0.3 is 0 Å². The van der Waals surface area contributed by atoms with Crippen molar-refractivity contribution in [3.8, 4) is 11.6 Å². The Morgan fingerprint density at radius 2 is 2.11 bits per heavy atom. The van der Waals surface area contributed by atoms with E-state index >= 15 is 0 Å². The number of aromatic nitrogens is 3. The van der Waals surface area contributed by atoms with Gasteiger partial charge in [-0.05, 0) is 13.8 Å². The third-order valence-corrected chi connectivity index (χ3v) is 2.39. The quantitative estimate of drug-likeness (QED) is 0.906. The lowest BCUT2D eigenvalue weighted by atomic mass is 10.4. The van der Waals surface area contributed by atoms with Gasteiger partial charge in [-0.25, -0.2) is 8.78 Å². The largest absolute Gasteiger partial charge is 0.433 e. The normalized spacial score (nSPS) is 10.5. The van der Waals surface area contributed by atoms with Gasteiger partial charge in [0.15, 0.2) is 23.2 Å². The molecule has 0 radical (unpaired) electrons. The molecular formula is C12H14F2N4O. The zero-order valence-electron chi connectivity index (χ0n) is 10.7.